The molecule has 6 heteroatoms. The molecule has 1 N–H and O–H groups in total. The van der Waals surface area contributed by atoms with Crippen molar-refractivity contribution in [2.45, 2.75) is 17.9 Å². The second-order valence-electron chi connectivity index (χ2n) is 4.06. The topological polar surface area (TPSA) is 59.1 Å². The first kappa shape index (κ1) is 13.6. The quantitative estimate of drug-likeness (QED) is 0.934. The first-order chi connectivity index (χ1) is 9.00. The molecule has 1 atom stereocenters. The Kier molecular flexibility index (Phi) is 3.92. The number of nitrogens with zero attached hydrogens (tertiary/aromatic N) is 1. The van der Waals surface area contributed by atoms with Crippen molar-refractivity contribution in [1.82, 2.24) is 9.71 Å². The van der Waals surface area contributed by atoms with Crippen LogP contribution >= 0.6 is 0 Å². The molecular formula is C13H13FN2O2S. The molecule has 0 saturated carbocycles. The fourth-order valence-corrected chi connectivity index (χ4v) is 2.97. The third-order valence-corrected chi connectivity index (χ3v) is 4.22. The maximum atomic E-state index is 13.5. The fraction of sp³-hybridized carbons (Fsp3) is 0.154. The smallest absolute Gasteiger partial charge is 0.244 e. The van der Waals surface area contributed by atoms with Gasteiger partial charge in [0.15, 0.2) is 0 Å². The first-order valence-corrected chi connectivity index (χ1v) is 7.16. The number of rotatable bonds is 4. The maximum absolute atomic E-state index is 13.5. The third-order valence-electron chi connectivity index (χ3n) is 2.64. The van der Waals surface area contributed by atoms with Crippen LogP contribution in [0.25, 0.3) is 0 Å². The molecule has 4 nitrogen and oxygen atoms in total. The van der Waals surface area contributed by atoms with E-state index in [1.807, 2.05) is 0 Å². The van der Waals surface area contributed by atoms with Gasteiger partial charge in [-0.3, -0.25) is 4.98 Å². The minimum atomic E-state index is -3.89. The number of benzene rings is 1. The molecular weight excluding hydrogens is 267 g/mol. The van der Waals surface area contributed by atoms with Crippen LogP contribution in [0.5, 0.6) is 0 Å². The minimum Gasteiger partial charge on any atom is -0.264 e. The van der Waals surface area contributed by atoms with E-state index >= 15 is 0 Å². The molecule has 0 spiro atoms. The van der Waals surface area contributed by atoms with Crippen LogP contribution in [0.3, 0.4) is 0 Å². The van der Waals surface area contributed by atoms with Gasteiger partial charge < -0.3 is 0 Å². The Labute approximate surface area is 111 Å². The summed E-state index contributed by atoms with van der Waals surface area (Å²) >= 11 is 0. The Bertz CT molecular complexity index is 659. The second kappa shape index (κ2) is 5.46. The molecule has 100 valence electrons. The summed E-state index contributed by atoms with van der Waals surface area (Å²) in [6, 6.07) is 8.24. The maximum Gasteiger partial charge on any atom is 0.244 e. The van der Waals surface area contributed by atoms with Crippen LogP contribution in [-0.2, 0) is 10.0 Å². The van der Waals surface area contributed by atoms with Gasteiger partial charge in [0.05, 0.1) is 0 Å². The van der Waals surface area contributed by atoms with Crippen LogP contribution in [0.2, 0.25) is 0 Å². The van der Waals surface area contributed by atoms with Crippen LogP contribution in [0.1, 0.15) is 18.5 Å². The monoisotopic (exact) mass is 280 g/mol. The van der Waals surface area contributed by atoms with Gasteiger partial charge in [-0.05, 0) is 30.7 Å². The average Bonchev–Trinajstić information content (AvgIpc) is 2.39. The molecule has 0 bridgehead atoms. The summed E-state index contributed by atoms with van der Waals surface area (Å²) < 4.78 is 40.1. The van der Waals surface area contributed by atoms with Crippen molar-refractivity contribution in [3.8, 4) is 0 Å². The molecule has 0 saturated heterocycles. The van der Waals surface area contributed by atoms with E-state index in [1.54, 1.807) is 31.5 Å². The molecule has 2 aromatic rings. The van der Waals surface area contributed by atoms with Crippen molar-refractivity contribution >= 4 is 10.0 Å². The van der Waals surface area contributed by atoms with Crippen LogP contribution in [-0.4, -0.2) is 13.4 Å². The fourth-order valence-electron chi connectivity index (χ4n) is 1.66. The largest absolute Gasteiger partial charge is 0.264 e. The normalized spacial score (nSPS) is 13.2. The van der Waals surface area contributed by atoms with E-state index in [0.717, 1.165) is 6.07 Å². The SMILES string of the molecule is CC(NS(=O)(=O)c1ccccc1F)c1cccnc1. The van der Waals surface area contributed by atoms with Crippen LogP contribution in [0.15, 0.2) is 53.7 Å². The highest BCUT2D eigenvalue weighted by molar-refractivity contribution is 7.89. The zero-order valence-corrected chi connectivity index (χ0v) is 11.1. The molecule has 1 aromatic carbocycles. The summed E-state index contributed by atoms with van der Waals surface area (Å²) in [5, 5.41) is 0. The van der Waals surface area contributed by atoms with Gasteiger partial charge in [-0.2, -0.15) is 0 Å². The minimum absolute atomic E-state index is 0.356. The number of sulfonamides is 1. The van der Waals surface area contributed by atoms with Gasteiger partial charge >= 0.3 is 0 Å². The van der Waals surface area contributed by atoms with E-state index in [0.29, 0.717) is 5.56 Å². The molecule has 1 unspecified atom stereocenters. The summed E-state index contributed by atoms with van der Waals surface area (Å²) in [5.41, 5.74) is 0.711. The van der Waals surface area contributed by atoms with Gasteiger partial charge in [-0.1, -0.05) is 18.2 Å². The molecule has 2 rings (SSSR count). The second-order valence-corrected chi connectivity index (χ2v) is 5.74. The highest BCUT2D eigenvalue weighted by Gasteiger charge is 2.21. The zero-order valence-electron chi connectivity index (χ0n) is 10.2. The van der Waals surface area contributed by atoms with Crippen molar-refractivity contribution < 1.29 is 12.8 Å². The zero-order chi connectivity index (χ0) is 13.9. The number of pyridine rings is 1. The number of hydrogen-bond acceptors (Lipinski definition) is 3. The lowest BCUT2D eigenvalue weighted by molar-refractivity contribution is 0.546. The number of aromatic nitrogens is 1. The summed E-state index contributed by atoms with van der Waals surface area (Å²) in [6.45, 7) is 1.68. The Balaban J connectivity index is 2.26. The van der Waals surface area contributed by atoms with E-state index in [-0.39, 0.29) is 4.90 Å². The van der Waals surface area contributed by atoms with E-state index < -0.39 is 21.9 Å². The van der Waals surface area contributed by atoms with Gasteiger partial charge in [-0.15, -0.1) is 0 Å². The molecule has 0 amide bonds. The molecule has 1 aromatic heterocycles. The molecule has 0 aliphatic rings. The van der Waals surface area contributed by atoms with E-state index in [9.17, 15) is 12.8 Å². The van der Waals surface area contributed by atoms with Crippen molar-refractivity contribution in [2.75, 3.05) is 0 Å². The summed E-state index contributed by atoms with van der Waals surface area (Å²) in [5.74, 6) is -0.770. The van der Waals surface area contributed by atoms with Gasteiger partial charge in [0.1, 0.15) is 10.7 Å². The standard InChI is InChI=1S/C13H13FN2O2S/c1-10(11-5-4-8-15-9-11)16-19(17,18)13-7-3-2-6-12(13)14/h2-10,16H,1H3. The summed E-state index contributed by atoms with van der Waals surface area (Å²) in [7, 11) is -3.89. The molecule has 0 radical (unpaired) electrons. The lowest BCUT2D eigenvalue weighted by atomic mass is 10.2. The van der Waals surface area contributed by atoms with Crippen LogP contribution < -0.4 is 4.72 Å². The van der Waals surface area contributed by atoms with Gasteiger partial charge in [0.2, 0.25) is 10.0 Å². The Morgan fingerprint density at radius 1 is 1.21 bits per heavy atom. The van der Waals surface area contributed by atoms with Crippen LogP contribution in [0, 0.1) is 5.82 Å². The van der Waals surface area contributed by atoms with E-state index in [4.69, 9.17) is 0 Å². The predicted octanol–water partition coefficient (Wildman–Crippen LogP) is 2.26. The summed E-state index contributed by atoms with van der Waals surface area (Å²) in [6.07, 6.45) is 3.16. The van der Waals surface area contributed by atoms with Gasteiger partial charge in [0.25, 0.3) is 0 Å². The Morgan fingerprint density at radius 3 is 2.58 bits per heavy atom. The Hall–Kier alpha value is -1.79. The molecule has 19 heavy (non-hydrogen) atoms. The molecule has 0 aliphatic carbocycles. The first-order valence-electron chi connectivity index (χ1n) is 5.67. The van der Waals surface area contributed by atoms with Crippen molar-refractivity contribution in [3.05, 3.63) is 60.2 Å². The van der Waals surface area contributed by atoms with Crippen molar-refractivity contribution in [3.63, 3.8) is 0 Å². The highest BCUT2D eigenvalue weighted by atomic mass is 32.2. The predicted molar refractivity (Wildman–Crippen MR) is 69.4 cm³/mol. The van der Waals surface area contributed by atoms with Crippen molar-refractivity contribution in [2.24, 2.45) is 0 Å². The van der Waals surface area contributed by atoms with Gasteiger partial charge in [0, 0.05) is 18.4 Å². The van der Waals surface area contributed by atoms with Crippen molar-refractivity contribution in [1.29, 1.82) is 0 Å². The summed E-state index contributed by atoms with van der Waals surface area (Å²) in [4.78, 5) is 3.56. The van der Waals surface area contributed by atoms with Gasteiger partial charge in [-0.25, -0.2) is 17.5 Å². The highest BCUT2D eigenvalue weighted by Crippen LogP contribution is 2.18. The molecule has 0 fully saturated rings. The van der Waals surface area contributed by atoms with E-state index in [1.165, 1.54) is 18.2 Å². The lowest BCUT2D eigenvalue weighted by Crippen LogP contribution is -2.27. The Morgan fingerprint density at radius 2 is 1.95 bits per heavy atom. The number of halogens is 1. The number of hydrogen-bond donors (Lipinski definition) is 1. The lowest BCUT2D eigenvalue weighted by Gasteiger charge is -2.14. The molecule has 1 heterocycles. The van der Waals surface area contributed by atoms with E-state index in [2.05, 4.69) is 9.71 Å². The average molecular weight is 280 g/mol. The third kappa shape index (κ3) is 3.15. The molecule has 0 aliphatic heterocycles. The number of nitrogens with one attached hydrogen (secondary N) is 1. The van der Waals surface area contributed by atoms with Crippen LogP contribution in [0.4, 0.5) is 4.39 Å².